The average Bonchev–Trinajstić information content (AvgIpc) is 2.89. The van der Waals surface area contributed by atoms with Crippen LogP contribution < -0.4 is 10.6 Å². The maximum absolute atomic E-state index is 12.3. The summed E-state index contributed by atoms with van der Waals surface area (Å²) >= 11 is 0. The van der Waals surface area contributed by atoms with Crippen molar-refractivity contribution in [3.63, 3.8) is 0 Å². The van der Waals surface area contributed by atoms with E-state index in [2.05, 4.69) is 20.7 Å². The van der Waals surface area contributed by atoms with Crippen molar-refractivity contribution < 1.29 is 9.59 Å². The second-order valence-electron chi connectivity index (χ2n) is 5.66. The van der Waals surface area contributed by atoms with E-state index >= 15 is 0 Å². The fourth-order valence-corrected chi connectivity index (χ4v) is 1.97. The number of anilines is 1. The Morgan fingerprint density at radius 3 is 2.43 bits per heavy atom. The van der Waals surface area contributed by atoms with E-state index in [1.807, 2.05) is 19.1 Å². The lowest BCUT2D eigenvalue weighted by molar-refractivity contribution is -0.118. The van der Waals surface area contributed by atoms with Crippen LogP contribution in [0.5, 0.6) is 0 Å². The first kappa shape index (κ1) is 16.7. The molecule has 122 valence electrons. The Morgan fingerprint density at radius 1 is 1.17 bits per heavy atom. The lowest BCUT2D eigenvalue weighted by Crippen LogP contribution is -2.27. The lowest BCUT2D eigenvalue weighted by atomic mass is 10.1. The van der Waals surface area contributed by atoms with Gasteiger partial charge >= 0.3 is 0 Å². The Hall–Kier alpha value is -2.70. The monoisotopic (exact) mass is 315 g/mol. The molecule has 0 unspecified atom stereocenters. The maximum Gasteiger partial charge on any atom is 0.272 e. The molecule has 0 saturated carbocycles. The van der Waals surface area contributed by atoms with Crippen molar-refractivity contribution in [1.82, 2.24) is 20.1 Å². The van der Waals surface area contributed by atoms with Crippen molar-refractivity contribution in [2.45, 2.75) is 26.8 Å². The van der Waals surface area contributed by atoms with E-state index in [9.17, 15) is 9.59 Å². The molecule has 0 radical (unpaired) electrons. The van der Waals surface area contributed by atoms with E-state index in [-0.39, 0.29) is 29.5 Å². The summed E-state index contributed by atoms with van der Waals surface area (Å²) in [7, 11) is 1.68. The number of aromatic nitrogens is 3. The number of carbonyl (C=O) groups is 2. The Kier molecular flexibility index (Phi) is 5.10. The number of nitrogens with zero attached hydrogens (tertiary/aromatic N) is 3. The minimum Gasteiger partial charge on any atom is -0.344 e. The molecule has 2 aromatic heterocycles. The number of hydrogen-bond acceptors (Lipinski definition) is 4. The molecule has 7 heteroatoms. The van der Waals surface area contributed by atoms with Gasteiger partial charge in [0.1, 0.15) is 5.82 Å². The summed E-state index contributed by atoms with van der Waals surface area (Å²) in [5.41, 5.74) is 1.21. The van der Waals surface area contributed by atoms with Crippen molar-refractivity contribution in [3.8, 4) is 0 Å². The minimum absolute atomic E-state index is 0.120. The number of rotatable bonds is 5. The molecule has 2 rings (SSSR count). The fourth-order valence-electron chi connectivity index (χ4n) is 1.97. The number of carbonyl (C=O) groups excluding carboxylic acids is 2. The van der Waals surface area contributed by atoms with Gasteiger partial charge < -0.3 is 10.6 Å². The van der Waals surface area contributed by atoms with Crippen LogP contribution in [0.2, 0.25) is 0 Å². The lowest BCUT2D eigenvalue weighted by Gasteiger charge is -2.12. The Balaban J connectivity index is 2.07. The van der Waals surface area contributed by atoms with E-state index in [1.54, 1.807) is 39.4 Å². The molecule has 7 nitrogen and oxygen atoms in total. The van der Waals surface area contributed by atoms with Crippen LogP contribution in [-0.4, -0.2) is 26.6 Å². The minimum atomic E-state index is -0.296. The van der Waals surface area contributed by atoms with Crippen molar-refractivity contribution >= 4 is 17.6 Å². The molecule has 23 heavy (non-hydrogen) atoms. The summed E-state index contributed by atoms with van der Waals surface area (Å²) in [5.74, 6) is -0.0700. The largest absolute Gasteiger partial charge is 0.344 e. The highest BCUT2D eigenvalue weighted by Crippen LogP contribution is 2.14. The molecular weight excluding hydrogens is 294 g/mol. The van der Waals surface area contributed by atoms with Crippen LogP contribution in [0.25, 0.3) is 0 Å². The topological polar surface area (TPSA) is 88.9 Å². The van der Waals surface area contributed by atoms with Gasteiger partial charge in [0.2, 0.25) is 5.91 Å². The molecule has 2 aromatic rings. The molecule has 1 atom stereocenters. The fraction of sp³-hybridized carbons (Fsp3) is 0.375. The third-order valence-electron chi connectivity index (χ3n) is 3.44. The summed E-state index contributed by atoms with van der Waals surface area (Å²) in [5, 5.41) is 9.76. The van der Waals surface area contributed by atoms with E-state index in [0.717, 1.165) is 5.56 Å². The molecule has 0 saturated heterocycles. The van der Waals surface area contributed by atoms with E-state index in [1.165, 1.54) is 4.68 Å². The van der Waals surface area contributed by atoms with Gasteiger partial charge in [-0.3, -0.25) is 19.3 Å². The van der Waals surface area contributed by atoms with Gasteiger partial charge in [0, 0.05) is 31.4 Å². The zero-order valence-corrected chi connectivity index (χ0v) is 13.7. The highest BCUT2D eigenvalue weighted by molar-refractivity contribution is 5.96. The molecule has 0 aromatic carbocycles. The predicted molar refractivity (Wildman–Crippen MR) is 86.8 cm³/mol. The van der Waals surface area contributed by atoms with Crippen LogP contribution in [0.1, 0.15) is 42.9 Å². The van der Waals surface area contributed by atoms with Crippen LogP contribution in [-0.2, 0) is 11.8 Å². The van der Waals surface area contributed by atoms with Crippen LogP contribution in [0.15, 0.2) is 30.6 Å². The summed E-state index contributed by atoms with van der Waals surface area (Å²) in [6.45, 7) is 5.49. The third-order valence-corrected chi connectivity index (χ3v) is 3.44. The molecule has 0 fully saturated rings. The number of amides is 2. The van der Waals surface area contributed by atoms with Crippen molar-refractivity contribution in [1.29, 1.82) is 0 Å². The van der Waals surface area contributed by atoms with Crippen LogP contribution >= 0.6 is 0 Å². The Bertz CT molecular complexity index is 694. The molecule has 2 N–H and O–H groups in total. The molecule has 0 aliphatic heterocycles. The molecular formula is C16H21N5O2. The van der Waals surface area contributed by atoms with Gasteiger partial charge in [0.05, 0.1) is 6.04 Å². The summed E-state index contributed by atoms with van der Waals surface area (Å²) in [6.07, 6.45) is 3.36. The first-order chi connectivity index (χ1) is 10.9. The van der Waals surface area contributed by atoms with Crippen molar-refractivity contribution in [3.05, 3.63) is 41.9 Å². The standard InChI is InChI=1S/C16H21N5O2/c1-10(2)15(22)19-14-9-13(20-21(14)4)16(23)18-11(3)12-5-7-17-8-6-12/h5-11H,1-4H3,(H,18,23)(H,19,22)/t11-/m1/s1. The molecule has 0 spiro atoms. The number of nitrogens with one attached hydrogen (secondary N) is 2. The Morgan fingerprint density at radius 2 is 1.83 bits per heavy atom. The van der Waals surface area contributed by atoms with E-state index in [0.29, 0.717) is 5.82 Å². The summed E-state index contributed by atoms with van der Waals surface area (Å²) < 4.78 is 1.48. The number of aryl methyl sites for hydroxylation is 1. The molecule has 2 heterocycles. The van der Waals surface area contributed by atoms with Gasteiger partial charge in [-0.25, -0.2) is 0 Å². The van der Waals surface area contributed by atoms with Gasteiger partial charge in [0.25, 0.3) is 5.91 Å². The van der Waals surface area contributed by atoms with Gasteiger partial charge in [-0.15, -0.1) is 0 Å². The van der Waals surface area contributed by atoms with Gasteiger partial charge in [-0.1, -0.05) is 13.8 Å². The van der Waals surface area contributed by atoms with E-state index in [4.69, 9.17) is 0 Å². The van der Waals surface area contributed by atoms with Gasteiger partial charge in [0.15, 0.2) is 5.69 Å². The normalized spacial score (nSPS) is 12.0. The average molecular weight is 315 g/mol. The van der Waals surface area contributed by atoms with Gasteiger partial charge in [-0.2, -0.15) is 5.10 Å². The van der Waals surface area contributed by atoms with Crippen molar-refractivity contribution in [2.24, 2.45) is 13.0 Å². The molecule has 2 amide bonds. The van der Waals surface area contributed by atoms with Gasteiger partial charge in [-0.05, 0) is 24.6 Å². The zero-order chi connectivity index (χ0) is 17.0. The molecule has 0 aliphatic carbocycles. The quantitative estimate of drug-likeness (QED) is 0.882. The van der Waals surface area contributed by atoms with Crippen LogP contribution in [0.4, 0.5) is 5.82 Å². The SMILES string of the molecule is CC(C)C(=O)Nc1cc(C(=O)N[C@H](C)c2ccncc2)nn1C. The highest BCUT2D eigenvalue weighted by Gasteiger charge is 2.17. The molecule has 0 bridgehead atoms. The first-order valence-corrected chi connectivity index (χ1v) is 7.44. The predicted octanol–water partition coefficient (Wildman–Crippen LogP) is 1.90. The third kappa shape index (κ3) is 4.15. The zero-order valence-electron chi connectivity index (χ0n) is 13.7. The summed E-state index contributed by atoms with van der Waals surface area (Å²) in [6, 6.07) is 5.09. The van der Waals surface area contributed by atoms with Crippen LogP contribution in [0.3, 0.4) is 0 Å². The highest BCUT2D eigenvalue weighted by atomic mass is 16.2. The van der Waals surface area contributed by atoms with Crippen molar-refractivity contribution in [2.75, 3.05) is 5.32 Å². The summed E-state index contributed by atoms with van der Waals surface area (Å²) in [4.78, 5) is 28.0. The maximum atomic E-state index is 12.3. The smallest absolute Gasteiger partial charge is 0.272 e. The Labute approximate surface area is 135 Å². The number of pyridine rings is 1. The number of hydrogen-bond donors (Lipinski definition) is 2. The van der Waals surface area contributed by atoms with Crippen LogP contribution in [0, 0.1) is 5.92 Å². The molecule has 0 aliphatic rings. The first-order valence-electron chi connectivity index (χ1n) is 7.44. The second-order valence-corrected chi connectivity index (χ2v) is 5.66. The second kappa shape index (κ2) is 7.04. The van der Waals surface area contributed by atoms with E-state index < -0.39 is 0 Å².